The summed E-state index contributed by atoms with van der Waals surface area (Å²) in [6, 6.07) is 18.9. The van der Waals surface area contributed by atoms with Crippen molar-refractivity contribution in [3.8, 4) is 0 Å². The van der Waals surface area contributed by atoms with Gasteiger partial charge in [0.1, 0.15) is 0 Å². The zero-order valence-electron chi connectivity index (χ0n) is 17.1. The fourth-order valence-electron chi connectivity index (χ4n) is 3.08. The Labute approximate surface area is 189 Å². The number of anilines is 2. The van der Waals surface area contributed by atoms with Crippen molar-refractivity contribution in [3.05, 3.63) is 70.7 Å². The zero-order valence-corrected chi connectivity index (χ0v) is 18.7. The molecule has 0 saturated carbocycles. The normalized spacial score (nSPS) is 10.5. The van der Waals surface area contributed by atoms with Gasteiger partial charge in [-0.3, -0.25) is 14.4 Å². The predicted molar refractivity (Wildman–Crippen MR) is 125 cm³/mol. The lowest BCUT2D eigenvalue weighted by Gasteiger charge is -2.09. The van der Waals surface area contributed by atoms with Crippen molar-refractivity contribution < 1.29 is 19.1 Å². The van der Waals surface area contributed by atoms with Crippen molar-refractivity contribution in [2.45, 2.75) is 26.2 Å². The van der Waals surface area contributed by atoms with Crippen LogP contribution in [0.2, 0.25) is 0 Å². The van der Waals surface area contributed by atoms with E-state index in [2.05, 4.69) is 26.6 Å². The lowest BCUT2D eigenvalue weighted by molar-refractivity contribution is -0.147. The maximum Gasteiger partial charge on any atom is 0.306 e. The Kier molecular flexibility index (Phi) is 7.78. The van der Waals surface area contributed by atoms with Gasteiger partial charge in [-0.2, -0.15) is 0 Å². The smallest absolute Gasteiger partial charge is 0.306 e. The van der Waals surface area contributed by atoms with E-state index in [0.717, 1.165) is 26.5 Å². The Morgan fingerprint density at radius 3 is 2.48 bits per heavy atom. The average molecular weight is 483 g/mol. The summed E-state index contributed by atoms with van der Waals surface area (Å²) in [5, 5.41) is 7.57. The molecular formula is C24H23BrN2O4. The molecule has 0 aromatic heterocycles. The van der Waals surface area contributed by atoms with E-state index in [4.69, 9.17) is 4.74 Å². The summed E-state index contributed by atoms with van der Waals surface area (Å²) in [5.41, 5.74) is 2.36. The third-order valence-electron chi connectivity index (χ3n) is 4.65. The first kappa shape index (κ1) is 22.5. The van der Waals surface area contributed by atoms with Crippen LogP contribution in [-0.2, 0) is 19.1 Å². The van der Waals surface area contributed by atoms with E-state index in [1.165, 1.54) is 0 Å². The Morgan fingerprint density at radius 1 is 0.903 bits per heavy atom. The van der Waals surface area contributed by atoms with Crippen LogP contribution >= 0.6 is 15.9 Å². The molecule has 3 rings (SSSR count). The number of ether oxygens (including phenoxy) is 1. The minimum atomic E-state index is -0.514. The second-order valence-electron chi connectivity index (χ2n) is 7.10. The molecule has 0 radical (unpaired) electrons. The number of carbonyl (C=O) groups is 3. The summed E-state index contributed by atoms with van der Waals surface area (Å²) >= 11 is 3.40. The van der Waals surface area contributed by atoms with Crippen molar-refractivity contribution in [2.75, 3.05) is 17.2 Å². The minimum absolute atomic E-state index is 0.0631. The average Bonchev–Trinajstić information content (AvgIpc) is 2.75. The fraction of sp³-hybridized carbons (Fsp3) is 0.208. The van der Waals surface area contributed by atoms with Crippen LogP contribution < -0.4 is 10.6 Å². The van der Waals surface area contributed by atoms with Gasteiger partial charge in [0, 0.05) is 34.1 Å². The molecule has 31 heavy (non-hydrogen) atoms. The number of esters is 1. The molecule has 0 heterocycles. The van der Waals surface area contributed by atoms with Crippen molar-refractivity contribution in [1.82, 2.24) is 0 Å². The van der Waals surface area contributed by atoms with E-state index in [1.54, 1.807) is 6.07 Å². The molecule has 3 aromatic carbocycles. The summed E-state index contributed by atoms with van der Waals surface area (Å²) in [7, 11) is 0. The van der Waals surface area contributed by atoms with Crippen LogP contribution in [0.1, 0.15) is 24.8 Å². The van der Waals surface area contributed by atoms with Crippen LogP contribution in [0.25, 0.3) is 10.8 Å². The van der Waals surface area contributed by atoms with E-state index in [9.17, 15) is 14.4 Å². The van der Waals surface area contributed by atoms with Crippen LogP contribution in [0.3, 0.4) is 0 Å². The monoisotopic (exact) mass is 482 g/mol. The SMILES string of the molecule is Cc1cc(NC(=O)COC(=O)CCCC(=O)Nc2cccc3ccccc23)ccc1Br. The summed E-state index contributed by atoms with van der Waals surface area (Å²) < 4.78 is 5.94. The van der Waals surface area contributed by atoms with Crippen molar-refractivity contribution in [1.29, 1.82) is 0 Å². The number of benzene rings is 3. The topological polar surface area (TPSA) is 84.5 Å². The van der Waals surface area contributed by atoms with Gasteiger partial charge in [0.05, 0.1) is 0 Å². The van der Waals surface area contributed by atoms with E-state index < -0.39 is 11.9 Å². The van der Waals surface area contributed by atoms with Crippen molar-refractivity contribution >= 4 is 55.9 Å². The molecule has 0 spiro atoms. The summed E-state index contributed by atoms with van der Waals surface area (Å²) in [6.45, 7) is 1.55. The van der Waals surface area contributed by atoms with Crippen LogP contribution in [0.15, 0.2) is 65.1 Å². The maximum atomic E-state index is 12.2. The lowest BCUT2D eigenvalue weighted by Crippen LogP contribution is -2.21. The van der Waals surface area contributed by atoms with Gasteiger partial charge in [0.25, 0.3) is 5.91 Å². The predicted octanol–water partition coefficient (Wildman–Crippen LogP) is 5.20. The number of nitrogens with one attached hydrogen (secondary N) is 2. The quantitative estimate of drug-likeness (QED) is 0.432. The molecule has 0 aliphatic heterocycles. The molecule has 6 nitrogen and oxygen atoms in total. The van der Waals surface area contributed by atoms with Gasteiger partial charge in [-0.25, -0.2) is 0 Å². The van der Waals surface area contributed by atoms with Crippen molar-refractivity contribution in [3.63, 3.8) is 0 Å². The van der Waals surface area contributed by atoms with E-state index >= 15 is 0 Å². The first-order valence-corrected chi connectivity index (χ1v) is 10.7. The molecule has 0 atom stereocenters. The number of aryl methyl sites for hydroxylation is 1. The molecule has 0 unspecified atom stereocenters. The highest BCUT2D eigenvalue weighted by Gasteiger charge is 2.11. The first-order chi connectivity index (χ1) is 14.9. The van der Waals surface area contributed by atoms with E-state index in [0.29, 0.717) is 12.1 Å². The third kappa shape index (κ3) is 6.65. The van der Waals surface area contributed by atoms with Crippen LogP contribution in [0.5, 0.6) is 0 Å². The zero-order chi connectivity index (χ0) is 22.2. The van der Waals surface area contributed by atoms with Gasteiger partial charge in [0.2, 0.25) is 5.91 Å². The number of carbonyl (C=O) groups excluding carboxylic acids is 3. The number of amides is 2. The number of fused-ring (bicyclic) bond motifs is 1. The lowest BCUT2D eigenvalue weighted by atomic mass is 10.1. The van der Waals surface area contributed by atoms with Crippen LogP contribution in [-0.4, -0.2) is 24.4 Å². The molecule has 0 bridgehead atoms. The fourth-order valence-corrected chi connectivity index (χ4v) is 3.32. The number of hydrogen-bond acceptors (Lipinski definition) is 4. The standard InChI is InChI=1S/C24H23BrN2O4/c1-16-14-18(12-13-20(16)25)26-23(29)15-31-24(30)11-5-10-22(28)27-21-9-4-7-17-6-2-3-8-19(17)21/h2-4,6-9,12-14H,5,10-11,15H2,1H3,(H,26,29)(H,27,28). The van der Waals surface area contributed by atoms with Crippen molar-refractivity contribution in [2.24, 2.45) is 0 Å². The minimum Gasteiger partial charge on any atom is -0.456 e. The summed E-state index contributed by atoms with van der Waals surface area (Å²) in [6.07, 6.45) is 0.583. The van der Waals surface area contributed by atoms with Crippen LogP contribution in [0, 0.1) is 6.92 Å². The number of rotatable bonds is 8. The number of halogens is 1. The highest BCUT2D eigenvalue weighted by molar-refractivity contribution is 9.10. The Morgan fingerprint density at radius 2 is 1.68 bits per heavy atom. The van der Waals surface area contributed by atoms with Crippen LogP contribution in [0.4, 0.5) is 11.4 Å². The van der Waals surface area contributed by atoms with Gasteiger partial charge < -0.3 is 15.4 Å². The molecule has 2 amide bonds. The molecule has 160 valence electrons. The maximum absolute atomic E-state index is 12.2. The van der Waals surface area contributed by atoms with Gasteiger partial charge in [-0.05, 0) is 48.6 Å². The molecule has 2 N–H and O–H groups in total. The highest BCUT2D eigenvalue weighted by Crippen LogP contribution is 2.23. The second kappa shape index (κ2) is 10.7. The van der Waals surface area contributed by atoms with Gasteiger partial charge in [-0.15, -0.1) is 0 Å². The second-order valence-corrected chi connectivity index (χ2v) is 7.96. The highest BCUT2D eigenvalue weighted by atomic mass is 79.9. The van der Waals surface area contributed by atoms with E-state index in [-0.39, 0.29) is 25.4 Å². The molecule has 3 aromatic rings. The molecule has 0 saturated heterocycles. The van der Waals surface area contributed by atoms with E-state index in [1.807, 2.05) is 61.5 Å². The Bertz CT molecular complexity index is 1110. The molecule has 0 aliphatic rings. The molecular weight excluding hydrogens is 460 g/mol. The first-order valence-electron chi connectivity index (χ1n) is 9.91. The molecule has 0 fully saturated rings. The van der Waals surface area contributed by atoms with Gasteiger partial charge in [0.15, 0.2) is 6.61 Å². The largest absolute Gasteiger partial charge is 0.456 e. The summed E-state index contributed by atoms with van der Waals surface area (Å²) in [4.78, 5) is 36.0. The van der Waals surface area contributed by atoms with Gasteiger partial charge >= 0.3 is 5.97 Å². The van der Waals surface area contributed by atoms with Gasteiger partial charge in [-0.1, -0.05) is 52.3 Å². The third-order valence-corrected chi connectivity index (χ3v) is 5.54. The molecule has 7 heteroatoms. The Hall–Kier alpha value is -3.19. The number of hydrogen-bond donors (Lipinski definition) is 2. The summed E-state index contributed by atoms with van der Waals surface area (Å²) in [5.74, 6) is -1.10. The Balaban J connectivity index is 1.38. The molecule has 0 aliphatic carbocycles.